The Kier molecular flexibility index (Phi) is 6.64. The maximum Gasteiger partial charge on any atom is 0.348 e. The summed E-state index contributed by atoms with van der Waals surface area (Å²) >= 11 is 2.42. The number of nitrogen functional groups attached to an aromatic ring is 1. The first-order valence-corrected chi connectivity index (χ1v) is 9.25. The van der Waals surface area contributed by atoms with Crippen LogP contribution in [0.1, 0.15) is 32.5 Å². The molecule has 0 saturated carbocycles. The Balaban J connectivity index is 2.26. The van der Waals surface area contributed by atoms with E-state index in [-0.39, 0.29) is 21.3 Å². The van der Waals surface area contributed by atoms with Crippen LogP contribution in [0.2, 0.25) is 0 Å². The first-order valence-electron chi connectivity index (χ1n) is 7.45. The molecular weight excluding hydrogens is 376 g/mol. The lowest BCUT2D eigenvalue weighted by atomic mass is 10.1. The van der Waals surface area contributed by atoms with Gasteiger partial charge in [-0.1, -0.05) is 0 Å². The van der Waals surface area contributed by atoms with Crippen molar-refractivity contribution < 1.29 is 23.9 Å². The summed E-state index contributed by atoms with van der Waals surface area (Å²) < 4.78 is 9.55. The molecule has 26 heavy (non-hydrogen) atoms. The van der Waals surface area contributed by atoms with Crippen molar-refractivity contribution in [2.75, 3.05) is 25.3 Å². The molecule has 0 radical (unpaired) electrons. The predicted molar refractivity (Wildman–Crippen MR) is 102 cm³/mol. The van der Waals surface area contributed by atoms with Crippen molar-refractivity contribution in [3.8, 4) is 0 Å². The number of amides is 1. The average molecular weight is 394 g/mol. The van der Waals surface area contributed by atoms with Gasteiger partial charge in [-0.05, 0) is 24.3 Å². The van der Waals surface area contributed by atoms with E-state index >= 15 is 0 Å². The van der Waals surface area contributed by atoms with Gasteiger partial charge in [0.15, 0.2) is 0 Å². The van der Waals surface area contributed by atoms with E-state index in [1.165, 1.54) is 32.9 Å². The molecule has 3 N–H and O–H groups in total. The van der Waals surface area contributed by atoms with Gasteiger partial charge in [-0.25, -0.2) is 9.59 Å². The van der Waals surface area contributed by atoms with Crippen molar-refractivity contribution in [1.82, 2.24) is 0 Å². The predicted octanol–water partition coefficient (Wildman–Crippen LogP) is 3.15. The summed E-state index contributed by atoms with van der Waals surface area (Å²) in [6, 6.07) is 7.21. The lowest BCUT2D eigenvalue weighted by Crippen LogP contribution is -2.08. The molecule has 0 saturated heterocycles. The lowest BCUT2D eigenvalue weighted by molar-refractivity contribution is -0.114. The van der Waals surface area contributed by atoms with Crippen LogP contribution in [0.4, 0.5) is 10.7 Å². The number of carbonyl (C=O) groups is 3. The molecule has 0 bridgehead atoms. The fraction of sp³-hybridized carbons (Fsp3) is 0.235. The van der Waals surface area contributed by atoms with Gasteiger partial charge in [-0.15, -0.1) is 23.1 Å². The quantitative estimate of drug-likeness (QED) is 0.572. The molecule has 0 aliphatic heterocycles. The number of carbonyl (C=O) groups excluding carboxylic acids is 3. The zero-order valence-electron chi connectivity index (χ0n) is 14.5. The first kappa shape index (κ1) is 19.8. The first-order chi connectivity index (χ1) is 12.4. The number of nitrogens with one attached hydrogen (secondary N) is 1. The standard InChI is InChI=1S/C17H18N2O5S2/c1-9(20)19-10-4-6-11(7-5-10)25-8-12-13(16(21)23-2)15(18)26-14(12)17(22)24-3/h4-7H,8,18H2,1-3H3,(H,19,20). The number of ether oxygens (including phenoxy) is 2. The zero-order valence-corrected chi connectivity index (χ0v) is 16.1. The van der Waals surface area contributed by atoms with Crippen LogP contribution >= 0.6 is 23.1 Å². The number of rotatable bonds is 6. The number of anilines is 2. The highest BCUT2D eigenvalue weighted by Crippen LogP contribution is 2.36. The summed E-state index contributed by atoms with van der Waals surface area (Å²) in [6.07, 6.45) is 0. The van der Waals surface area contributed by atoms with Gasteiger partial charge in [-0.3, -0.25) is 4.79 Å². The SMILES string of the molecule is COC(=O)c1sc(N)c(C(=O)OC)c1CSc1ccc(NC(C)=O)cc1. The fourth-order valence-electron chi connectivity index (χ4n) is 2.20. The largest absolute Gasteiger partial charge is 0.465 e. The van der Waals surface area contributed by atoms with Crippen LogP contribution in [-0.4, -0.2) is 32.1 Å². The molecule has 0 aliphatic rings. The van der Waals surface area contributed by atoms with Crippen LogP contribution in [0.15, 0.2) is 29.2 Å². The van der Waals surface area contributed by atoms with Crippen LogP contribution in [-0.2, 0) is 20.0 Å². The molecule has 2 rings (SSSR count). The Bertz CT molecular complexity index is 830. The van der Waals surface area contributed by atoms with Crippen molar-refractivity contribution in [2.24, 2.45) is 0 Å². The van der Waals surface area contributed by atoms with Gasteiger partial charge in [0.05, 0.1) is 19.8 Å². The van der Waals surface area contributed by atoms with E-state index in [9.17, 15) is 14.4 Å². The molecule has 7 nitrogen and oxygen atoms in total. The second kappa shape index (κ2) is 8.72. The third-order valence-electron chi connectivity index (χ3n) is 3.35. The van der Waals surface area contributed by atoms with E-state index in [4.69, 9.17) is 15.2 Å². The molecular formula is C17H18N2O5S2. The molecule has 0 atom stereocenters. The summed E-state index contributed by atoms with van der Waals surface area (Å²) in [4.78, 5) is 36.3. The second-order valence-electron chi connectivity index (χ2n) is 5.13. The number of thiophene rings is 1. The van der Waals surface area contributed by atoms with Gasteiger partial charge >= 0.3 is 11.9 Å². The van der Waals surface area contributed by atoms with Crippen LogP contribution in [0.3, 0.4) is 0 Å². The minimum atomic E-state index is -0.592. The van der Waals surface area contributed by atoms with Crippen molar-refractivity contribution in [2.45, 2.75) is 17.6 Å². The van der Waals surface area contributed by atoms with Gasteiger partial charge in [0.2, 0.25) is 5.91 Å². The van der Waals surface area contributed by atoms with Gasteiger partial charge in [0.25, 0.3) is 0 Å². The topological polar surface area (TPSA) is 108 Å². The number of thioether (sulfide) groups is 1. The van der Waals surface area contributed by atoms with Gasteiger partial charge < -0.3 is 20.5 Å². The Morgan fingerprint density at radius 1 is 1.12 bits per heavy atom. The van der Waals surface area contributed by atoms with Gasteiger partial charge in [0.1, 0.15) is 9.88 Å². The van der Waals surface area contributed by atoms with Crippen molar-refractivity contribution in [3.63, 3.8) is 0 Å². The third kappa shape index (κ3) is 4.55. The number of hydrogen-bond donors (Lipinski definition) is 2. The highest BCUT2D eigenvalue weighted by Gasteiger charge is 2.27. The summed E-state index contributed by atoms with van der Waals surface area (Å²) in [5.74, 6) is -0.953. The lowest BCUT2D eigenvalue weighted by Gasteiger charge is -2.07. The van der Waals surface area contributed by atoms with Gasteiger partial charge in [0, 0.05) is 28.8 Å². The van der Waals surface area contributed by atoms with E-state index in [1.54, 1.807) is 12.1 Å². The van der Waals surface area contributed by atoms with Crippen LogP contribution < -0.4 is 11.1 Å². The molecule has 1 aromatic heterocycles. The Morgan fingerprint density at radius 3 is 2.27 bits per heavy atom. The van der Waals surface area contributed by atoms with E-state index in [0.717, 1.165) is 16.2 Å². The Morgan fingerprint density at radius 2 is 1.73 bits per heavy atom. The van der Waals surface area contributed by atoms with Crippen molar-refractivity contribution >= 4 is 51.6 Å². The zero-order chi connectivity index (χ0) is 19.3. The molecule has 0 aliphatic carbocycles. The molecule has 1 heterocycles. The van der Waals surface area contributed by atoms with Crippen LogP contribution in [0, 0.1) is 0 Å². The maximum atomic E-state index is 12.0. The van der Waals surface area contributed by atoms with Crippen molar-refractivity contribution in [1.29, 1.82) is 0 Å². The molecule has 0 unspecified atom stereocenters. The number of methoxy groups -OCH3 is 2. The third-order valence-corrected chi connectivity index (χ3v) is 5.43. The monoisotopic (exact) mass is 394 g/mol. The van der Waals surface area contributed by atoms with Crippen LogP contribution in [0.25, 0.3) is 0 Å². The van der Waals surface area contributed by atoms with Crippen LogP contribution in [0.5, 0.6) is 0 Å². The molecule has 1 amide bonds. The summed E-state index contributed by atoms with van der Waals surface area (Å²) in [5, 5.41) is 2.90. The fourth-order valence-corrected chi connectivity index (χ4v) is 4.21. The Labute approximate surface area is 158 Å². The molecule has 0 fully saturated rings. The van der Waals surface area contributed by atoms with E-state index in [2.05, 4.69) is 5.32 Å². The summed E-state index contributed by atoms with van der Waals surface area (Å²) in [5.41, 5.74) is 7.28. The number of hydrogen-bond acceptors (Lipinski definition) is 8. The van der Waals surface area contributed by atoms with E-state index < -0.39 is 11.9 Å². The molecule has 1 aromatic carbocycles. The highest BCUT2D eigenvalue weighted by molar-refractivity contribution is 7.98. The van der Waals surface area contributed by atoms with Crippen molar-refractivity contribution in [3.05, 3.63) is 40.3 Å². The molecule has 2 aromatic rings. The highest BCUT2D eigenvalue weighted by atomic mass is 32.2. The molecule has 138 valence electrons. The minimum Gasteiger partial charge on any atom is -0.465 e. The second-order valence-corrected chi connectivity index (χ2v) is 7.23. The number of nitrogens with two attached hydrogens (primary N) is 1. The molecule has 9 heteroatoms. The maximum absolute atomic E-state index is 12.0. The number of esters is 2. The summed E-state index contributed by atoms with van der Waals surface area (Å²) in [6.45, 7) is 1.44. The number of benzene rings is 1. The smallest absolute Gasteiger partial charge is 0.348 e. The van der Waals surface area contributed by atoms with Gasteiger partial charge in [-0.2, -0.15) is 0 Å². The molecule has 0 spiro atoms. The normalized spacial score (nSPS) is 10.3. The summed E-state index contributed by atoms with van der Waals surface area (Å²) in [7, 11) is 2.53. The van der Waals surface area contributed by atoms with E-state index in [0.29, 0.717) is 17.0 Å². The average Bonchev–Trinajstić information content (AvgIpc) is 2.95. The van der Waals surface area contributed by atoms with E-state index in [1.807, 2.05) is 12.1 Å². The Hall–Kier alpha value is -2.52. The minimum absolute atomic E-state index is 0.149.